The van der Waals surface area contributed by atoms with Crippen LogP contribution in [0.5, 0.6) is 0 Å². The number of hydrogen-bond donors (Lipinski definition) is 0. The van der Waals surface area contributed by atoms with Crippen LogP contribution in [0.4, 0.5) is 0 Å². The van der Waals surface area contributed by atoms with E-state index in [1.165, 1.54) is 6.92 Å². The fourth-order valence-corrected chi connectivity index (χ4v) is 2.96. The lowest BCUT2D eigenvalue weighted by atomic mass is 9.66. The second kappa shape index (κ2) is 5.68. The SMILES string of the molecule is CC(=O)O[C@H](C)CC[C@H]1C(C)=CC(=O)CC1(C)C. The predicted molar refractivity (Wildman–Crippen MR) is 71.1 cm³/mol. The lowest BCUT2D eigenvalue weighted by Crippen LogP contribution is -2.32. The molecule has 0 aromatic carbocycles. The van der Waals surface area contributed by atoms with E-state index in [4.69, 9.17) is 4.74 Å². The van der Waals surface area contributed by atoms with Crippen molar-refractivity contribution < 1.29 is 14.3 Å². The van der Waals surface area contributed by atoms with Gasteiger partial charge >= 0.3 is 5.97 Å². The highest BCUT2D eigenvalue weighted by molar-refractivity contribution is 5.91. The van der Waals surface area contributed by atoms with Crippen molar-refractivity contribution in [2.45, 2.75) is 60.0 Å². The molecule has 3 heteroatoms. The van der Waals surface area contributed by atoms with Crippen molar-refractivity contribution in [1.29, 1.82) is 0 Å². The van der Waals surface area contributed by atoms with Crippen LogP contribution in [0.2, 0.25) is 0 Å². The first-order chi connectivity index (χ1) is 8.22. The molecule has 0 aromatic rings. The van der Waals surface area contributed by atoms with Gasteiger partial charge in [-0.25, -0.2) is 0 Å². The van der Waals surface area contributed by atoms with Crippen molar-refractivity contribution in [2.75, 3.05) is 0 Å². The largest absolute Gasteiger partial charge is 0.463 e. The lowest BCUT2D eigenvalue weighted by Gasteiger charge is -2.38. The third-order valence-corrected chi connectivity index (χ3v) is 3.74. The van der Waals surface area contributed by atoms with E-state index in [0.29, 0.717) is 12.3 Å². The Morgan fingerprint density at radius 2 is 2.17 bits per heavy atom. The van der Waals surface area contributed by atoms with Crippen LogP contribution in [-0.2, 0) is 14.3 Å². The van der Waals surface area contributed by atoms with E-state index in [1.807, 2.05) is 13.8 Å². The Kier molecular flexibility index (Phi) is 4.71. The maximum absolute atomic E-state index is 11.6. The summed E-state index contributed by atoms with van der Waals surface area (Å²) in [4.78, 5) is 22.4. The topological polar surface area (TPSA) is 43.4 Å². The standard InChI is InChI=1S/C15H24O3/c1-10-8-13(17)9-15(4,5)14(10)7-6-11(2)18-12(3)16/h8,11,14H,6-7,9H2,1-5H3/t11-,14+/m1/s1. The number of hydrogen-bond acceptors (Lipinski definition) is 3. The smallest absolute Gasteiger partial charge is 0.302 e. The molecule has 1 aliphatic carbocycles. The number of ether oxygens (including phenoxy) is 1. The number of allylic oxidation sites excluding steroid dienone is 2. The van der Waals surface area contributed by atoms with Crippen LogP contribution in [0.1, 0.15) is 53.9 Å². The highest BCUT2D eigenvalue weighted by atomic mass is 16.5. The van der Waals surface area contributed by atoms with Crippen LogP contribution in [0, 0.1) is 11.3 Å². The molecule has 18 heavy (non-hydrogen) atoms. The zero-order valence-corrected chi connectivity index (χ0v) is 12.1. The van der Waals surface area contributed by atoms with Gasteiger partial charge in [0.25, 0.3) is 0 Å². The van der Waals surface area contributed by atoms with Gasteiger partial charge in [0, 0.05) is 13.3 Å². The molecule has 3 nitrogen and oxygen atoms in total. The van der Waals surface area contributed by atoms with Gasteiger partial charge in [-0.05, 0) is 44.1 Å². The molecular formula is C15H24O3. The number of rotatable bonds is 4. The molecule has 1 aliphatic rings. The third-order valence-electron chi connectivity index (χ3n) is 3.74. The number of carbonyl (C=O) groups is 2. The van der Waals surface area contributed by atoms with E-state index in [-0.39, 0.29) is 23.3 Å². The van der Waals surface area contributed by atoms with Gasteiger partial charge in [-0.1, -0.05) is 19.4 Å². The van der Waals surface area contributed by atoms with Crippen LogP contribution >= 0.6 is 0 Å². The van der Waals surface area contributed by atoms with Gasteiger partial charge in [0.1, 0.15) is 0 Å². The molecule has 0 unspecified atom stereocenters. The summed E-state index contributed by atoms with van der Waals surface area (Å²) in [5, 5.41) is 0. The molecule has 0 saturated heterocycles. The minimum Gasteiger partial charge on any atom is -0.463 e. The van der Waals surface area contributed by atoms with Gasteiger partial charge in [-0.2, -0.15) is 0 Å². The maximum atomic E-state index is 11.6. The minimum atomic E-state index is -0.229. The van der Waals surface area contributed by atoms with Crippen molar-refractivity contribution in [1.82, 2.24) is 0 Å². The first-order valence-electron chi connectivity index (χ1n) is 6.60. The molecule has 0 bridgehead atoms. The average molecular weight is 252 g/mol. The van der Waals surface area contributed by atoms with E-state index in [0.717, 1.165) is 18.4 Å². The number of esters is 1. The summed E-state index contributed by atoms with van der Waals surface area (Å²) in [6.45, 7) is 9.66. The van der Waals surface area contributed by atoms with Gasteiger partial charge in [-0.15, -0.1) is 0 Å². The lowest BCUT2D eigenvalue weighted by molar-refractivity contribution is -0.145. The van der Waals surface area contributed by atoms with Crippen LogP contribution in [0.15, 0.2) is 11.6 Å². The van der Waals surface area contributed by atoms with Crippen LogP contribution in [0.3, 0.4) is 0 Å². The fraction of sp³-hybridized carbons (Fsp3) is 0.733. The summed E-state index contributed by atoms with van der Waals surface area (Å²) >= 11 is 0. The average Bonchev–Trinajstić information content (AvgIpc) is 2.12. The van der Waals surface area contributed by atoms with Gasteiger partial charge < -0.3 is 4.74 Å². The Morgan fingerprint density at radius 1 is 1.56 bits per heavy atom. The second-order valence-electron chi connectivity index (χ2n) is 6.07. The van der Waals surface area contributed by atoms with Crippen molar-refractivity contribution in [2.24, 2.45) is 11.3 Å². The Balaban J connectivity index is 2.62. The van der Waals surface area contributed by atoms with Gasteiger partial charge in [0.15, 0.2) is 5.78 Å². The summed E-state index contributed by atoms with van der Waals surface area (Å²) in [5.41, 5.74) is 1.16. The predicted octanol–water partition coefficient (Wildman–Crippen LogP) is 3.28. The van der Waals surface area contributed by atoms with Crippen molar-refractivity contribution >= 4 is 11.8 Å². The fourth-order valence-electron chi connectivity index (χ4n) is 2.96. The van der Waals surface area contributed by atoms with Gasteiger partial charge in [0.05, 0.1) is 6.10 Å². The van der Waals surface area contributed by atoms with E-state index in [9.17, 15) is 9.59 Å². The summed E-state index contributed by atoms with van der Waals surface area (Å²) in [5.74, 6) is 0.392. The molecule has 102 valence electrons. The molecule has 0 N–H and O–H groups in total. The summed E-state index contributed by atoms with van der Waals surface area (Å²) in [7, 11) is 0. The molecule has 2 atom stereocenters. The normalized spacial score (nSPS) is 24.4. The Bertz CT molecular complexity index is 366. The van der Waals surface area contributed by atoms with E-state index >= 15 is 0 Å². The molecule has 0 radical (unpaired) electrons. The Morgan fingerprint density at radius 3 is 2.67 bits per heavy atom. The van der Waals surface area contributed by atoms with Crippen LogP contribution in [0.25, 0.3) is 0 Å². The summed E-state index contributed by atoms with van der Waals surface area (Å²) in [6.07, 6.45) is 4.12. The first-order valence-corrected chi connectivity index (χ1v) is 6.60. The van der Waals surface area contributed by atoms with Gasteiger partial charge in [0.2, 0.25) is 0 Å². The molecule has 0 heterocycles. The van der Waals surface area contributed by atoms with Crippen molar-refractivity contribution in [3.05, 3.63) is 11.6 Å². The van der Waals surface area contributed by atoms with Crippen molar-refractivity contribution in [3.63, 3.8) is 0 Å². The highest BCUT2D eigenvalue weighted by Gasteiger charge is 2.35. The van der Waals surface area contributed by atoms with E-state index < -0.39 is 0 Å². The molecule has 0 spiro atoms. The highest BCUT2D eigenvalue weighted by Crippen LogP contribution is 2.42. The quantitative estimate of drug-likeness (QED) is 0.721. The van der Waals surface area contributed by atoms with E-state index in [2.05, 4.69) is 13.8 Å². The number of carbonyl (C=O) groups excluding carboxylic acids is 2. The third kappa shape index (κ3) is 3.97. The zero-order valence-electron chi connectivity index (χ0n) is 12.1. The maximum Gasteiger partial charge on any atom is 0.302 e. The second-order valence-corrected chi connectivity index (χ2v) is 6.07. The molecule has 0 aliphatic heterocycles. The Labute approximate surface area is 110 Å². The molecule has 0 amide bonds. The van der Waals surface area contributed by atoms with Crippen LogP contribution < -0.4 is 0 Å². The molecule has 0 aromatic heterocycles. The Hall–Kier alpha value is -1.12. The van der Waals surface area contributed by atoms with E-state index in [1.54, 1.807) is 6.08 Å². The zero-order chi connectivity index (χ0) is 13.9. The first kappa shape index (κ1) is 14.9. The minimum absolute atomic E-state index is 0.00581. The molecule has 0 fully saturated rings. The molecule has 1 rings (SSSR count). The van der Waals surface area contributed by atoms with Crippen molar-refractivity contribution in [3.8, 4) is 0 Å². The molecular weight excluding hydrogens is 228 g/mol. The summed E-state index contributed by atoms with van der Waals surface area (Å²) < 4.78 is 5.14. The monoisotopic (exact) mass is 252 g/mol. The van der Waals surface area contributed by atoms with Crippen LogP contribution in [-0.4, -0.2) is 17.9 Å². The summed E-state index contributed by atoms with van der Waals surface area (Å²) in [6, 6.07) is 0. The molecule has 0 saturated carbocycles. The number of ketones is 1. The van der Waals surface area contributed by atoms with Gasteiger partial charge in [-0.3, -0.25) is 9.59 Å².